The molecule has 116 valence electrons. The fraction of sp³-hybridized carbons (Fsp3) is 0.500. The Kier molecular flexibility index (Phi) is 4.65. The first-order chi connectivity index (χ1) is 9.74. The number of primary sulfonamides is 1. The Bertz CT molecular complexity index is 603. The minimum Gasteiger partial charge on any atom is -0.336 e. The first kappa shape index (κ1) is 15.9. The van der Waals surface area contributed by atoms with Gasteiger partial charge < -0.3 is 10.2 Å². The fourth-order valence-electron chi connectivity index (χ4n) is 2.65. The highest BCUT2D eigenvalue weighted by atomic mass is 32.2. The molecule has 2 atom stereocenters. The highest BCUT2D eigenvalue weighted by Crippen LogP contribution is 2.12. The molecule has 2 rings (SSSR count). The summed E-state index contributed by atoms with van der Waals surface area (Å²) in [6.07, 6.45) is 0. The maximum Gasteiger partial charge on any atom is 0.253 e. The number of rotatable bonds is 3. The zero-order valence-corrected chi connectivity index (χ0v) is 13.1. The van der Waals surface area contributed by atoms with E-state index in [0.717, 1.165) is 0 Å². The van der Waals surface area contributed by atoms with Crippen molar-refractivity contribution in [3.05, 3.63) is 35.4 Å². The smallest absolute Gasteiger partial charge is 0.253 e. The number of nitrogens with zero attached hydrogens (tertiary/aromatic N) is 1. The van der Waals surface area contributed by atoms with E-state index in [9.17, 15) is 13.2 Å². The zero-order chi connectivity index (χ0) is 15.6. The first-order valence-electron chi connectivity index (χ1n) is 6.89. The quantitative estimate of drug-likeness (QED) is 0.839. The van der Waals surface area contributed by atoms with Crippen molar-refractivity contribution in [3.8, 4) is 0 Å². The summed E-state index contributed by atoms with van der Waals surface area (Å²) < 4.78 is 22.1. The van der Waals surface area contributed by atoms with E-state index in [1.165, 1.54) is 0 Å². The van der Waals surface area contributed by atoms with Crippen LogP contribution in [0.3, 0.4) is 0 Å². The number of piperazine rings is 1. The van der Waals surface area contributed by atoms with Gasteiger partial charge in [-0.25, -0.2) is 13.6 Å². The molecule has 0 spiro atoms. The van der Waals surface area contributed by atoms with Gasteiger partial charge in [0.2, 0.25) is 10.0 Å². The highest BCUT2D eigenvalue weighted by Gasteiger charge is 2.25. The van der Waals surface area contributed by atoms with Crippen LogP contribution >= 0.6 is 0 Å². The van der Waals surface area contributed by atoms with Crippen LogP contribution in [0.4, 0.5) is 0 Å². The van der Waals surface area contributed by atoms with Gasteiger partial charge in [-0.05, 0) is 31.5 Å². The SMILES string of the molecule is C[C@@H]1CN(C(=O)c2ccc(CS(N)(=O)=O)cc2)C[C@@H](C)N1. The molecule has 7 heteroatoms. The van der Waals surface area contributed by atoms with Crippen LogP contribution in [-0.2, 0) is 15.8 Å². The monoisotopic (exact) mass is 311 g/mol. The fourth-order valence-corrected chi connectivity index (χ4v) is 3.31. The maximum absolute atomic E-state index is 12.4. The lowest BCUT2D eigenvalue weighted by molar-refractivity contribution is 0.0674. The Hall–Kier alpha value is -1.44. The number of carbonyl (C=O) groups is 1. The minimum absolute atomic E-state index is 0.0302. The third-order valence-electron chi connectivity index (χ3n) is 3.41. The lowest BCUT2D eigenvalue weighted by atomic mass is 10.1. The van der Waals surface area contributed by atoms with Gasteiger partial charge >= 0.3 is 0 Å². The van der Waals surface area contributed by atoms with Crippen molar-refractivity contribution in [3.63, 3.8) is 0 Å². The largest absolute Gasteiger partial charge is 0.336 e. The van der Waals surface area contributed by atoms with Crippen molar-refractivity contribution < 1.29 is 13.2 Å². The first-order valence-corrected chi connectivity index (χ1v) is 8.61. The van der Waals surface area contributed by atoms with Crippen molar-refractivity contribution in [1.82, 2.24) is 10.2 Å². The molecule has 1 aromatic carbocycles. The highest BCUT2D eigenvalue weighted by molar-refractivity contribution is 7.88. The number of nitrogens with two attached hydrogens (primary N) is 1. The Labute approximate surface area is 125 Å². The molecule has 1 heterocycles. The van der Waals surface area contributed by atoms with Crippen LogP contribution in [0, 0.1) is 0 Å². The van der Waals surface area contributed by atoms with E-state index >= 15 is 0 Å². The molecule has 0 aromatic heterocycles. The van der Waals surface area contributed by atoms with Crippen molar-refractivity contribution in [2.75, 3.05) is 13.1 Å². The van der Waals surface area contributed by atoms with Crippen LogP contribution in [0.15, 0.2) is 24.3 Å². The van der Waals surface area contributed by atoms with Crippen molar-refractivity contribution in [2.45, 2.75) is 31.7 Å². The summed E-state index contributed by atoms with van der Waals surface area (Å²) >= 11 is 0. The van der Waals surface area contributed by atoms with E-state index in [1.54, 1.807) is 24.3 Å². The van der Waals surface area contributed by atoms with Crippen molar-refractivity contribution in [1.29, 1.82) is 0 Å². The molecule has 1 aromatic rings. The zero-order valence-electron chi connectivity index (χ0n) is 12.2. The number of carbonyl (C=O) groups excluding carboxylic acids is 1. The van der Waals surface area contributed by atoms with Gasteiger partial charge in [0.05, 0.1) is 5.75 Å². The molecule has 21 heavy (non-hydrogen) atoms. The van der Waals surface area contributed by atoms with Crippen LogP contribution in [0.5, 0.6) is 0 Å². The molecule has 0 saturated carbocycles. The molecule has 1 saturated heterocycles. The molecule has 0 bridgehead atoms. The van der Waals surface area contributed by atoms with Gasteiger partial charge in [-0.3, -0.25) is 4.79 Å². The predicted octanol–water partition coefficient (Wildman–Crippen LogP) is 0.298. The standard InChI is InChI=1S/C14H21N3O3S/c1-10-7-17(8-11(2)16-10)14(18)13-5-3-12(4-6-13)9-21(15,19)20/h3-6,10-11,16H,7-9H2,1-2H3,(H2,15,19,20)/t10-,11-/m1/s1. The van der Waals surface area contributed by atoms with E-state index in [0.29, 0.717) is 24.2 Å². The second-order valence-electron chi connectivity index (χ2n) is 5.68. The normalized spacial score (nSPS) is 23.1. The predicted molar refractivity (Wildman–Crippen MR) is 81.2 cm³/mol. The Morgan fingerprint density at radius 1 is 1.24 bits per heavy atom. The van der Waals surface area contributed by atoms with Gasteiger partial charge in [-0.1, -0.05) is 12.1 Å². The van der Waals surface area contributed by atoms with Crippen LogP contribution in [0.25, 0.3) is 0 Å². The van der Waals surface area contributed by atoms with Crippen molar-refractivity contribution >= 4 is 15.9 Å². The second kappa shape index (κ2) is 6.13. The molecule has 6 nitrogen and oxygen atoms in total. The van der Waals surface area contributed by atoms with E-state index < -0.39 is 10.0 Å². The minimum atomic E-state index is -3.55. The third-order valence-corrected chi connectivity index (χ3v) is 4.15. The average molecular weight is 311 g/mol. The van der Waals surface area contributed by atoms with Gasteiger partial charge in [0.15, 0.2) is 0 Å². The molecular weight excluding hydrogens is 290 g/mol. The number of hydrogen-bond acceptors (Lipinski definition) is 4. The summed E-state index contributed by atoms with van der Waals surface area (Å²) in [5, 5.41) is 8.38. The lowest BCUT2D eigenvalue weighted by Gasteiger charge is -2.36. The number of hydrogen-bond donors (Lipinski definition) is 2. The van der Waals surface area contributed by atoms with Gasteiger partial charge in [0.1, 0.15) is 0 Å². The summed E-state index contributed by atoms with van der Waals surface area (Å²) in [5.41, 5.74) is 1.14. The summed E-state index contributed by atoms with van der Waals surface area (Å²) in [7, 11) is -3.55. The lowest BCUT2D eigenvalue weighted by Crippen LogP contribution is -2.55. The molecule has 1 aliphatic heterocycles. The van der Waals surface area contributed by atoms with E-state index in [4.69, 9.17) is 5.14 Å². The Morgan fingerprint density at radius 3 is 2.24 bits per heavy atom. The van der Waals surface area contributed by atoms with Crippen LogP contribution in [0.2, 0.25) is 0 Å². The van der Waals surface area contributed by atoms with Crippen molar-refractivity contribution in [2.24, 2.45) is 5.14 Å². The molecule has 1 aliphatic rings. The van der Waals surface area contributed by atoms with Crippen LogP contribution in [-0.4, -0.2) is 44.4 Å². The maximum atomic E-state index is 12.4. The van der Waals surface area contributed by atoms with Crippen LogP contribution < -0.4 is 10.5 Å². The Balaban J connectivity index is 2.09. The van der Waals surface area contributed by atoms with E-state index in [2.05, 4.69) is 5.32 Å². The van der Waals surface area contributed by atoms with Gasteiger partial charge in [-0.15, -0.1) is 0 Å². The number of nitrogens with one attached hydrogen (secondary N) is 1. The molecular formula is C14H21N3O3S. The summed E-state index contributed by atoms with van der Waals surface area (Å²) in [4.78, 5) is 14.3. The number of sulfonamides is 1. The topological polar surface area (TPSA) is 92.5 Å². The van der Waals surface area contributed by atoms with E-state index in [-0.39, 0.29) is 23.7 Å². The summed E-state index contributed by atoms with van der Waals surface area (Å²) in [6, 6.07) is 7.10. The molecule has 3 N–H and O–H groups in total. The molecule has 1 amide bonds. The van der Waals surface area contributed by atoms with Gasteiger partial charge in [-0.2, -0.15) is 0 Å². The molecule has 0 aliphatic carbocycles. The van der Waals surface area contributed by atoms with E-state index in [1.807, 2.05) is 18.7 Å². The number of amides is 1. The Morgan fingerprint density at radius 2 is 1.76 bits per heavy atom. The van der Waals surface area contributed by atoms with Crippen LogP contribution in [0.1, 0.15) is 29.8 Å². The van der Waals surface area contributed by atoms with Gasteiger partial charge in [0, 0.05) is 30.7 Å². The number of benzene rings is 1. The van der Waals surface area contributed by atoms with Gasteiger partial charge in [0.25, 0.3) is 5.91 Å². The summed E-state index contributed by atoms with van der Waals surface area (Å²) in [5.74, 6) is -0.249. The summed E-state index contributed by atoms with van der Waals surface area (Å²) in [6.45, 7) is 5.43. The molecule has 0 radical (unpaired) electrons. The average Bonchev–Trinajstić information content (AvgIpc) is 2.35. The molecule has 0 unspecified atom stereocenters. The third kappa shape index (κ3) is 4.52. The second-order valence-corrected chi connectivity index (χ2v) is 7.30. The molecule has 1 fully saturated rings.